The monoisotopic (exact) mass is 1460 g/mol. The number of likely N-dealkylation sites (N-methyl/N-ethyl adjacent to an activating group) is 8. The molecular formula is C74H115F5N12O12. The SMILES string of the molecule is CC[C@H](C)[C@@H]1NC(=O)[C@H](C2CC2)N(C)C(=O)C[C@@H](C(=O)N(C)C)N(C)C(=O)[C@H](C2CCCC2)N(C)C(=O)C2(CCC2)N(C)C(=O)[C@@H]2C[C@@H](C)CN2C(=O)[C@H](CCC2CC(F)C(C(F)(F)F)C(F)C2)NC(=O)CN(C)C(=O)[C@H](CC2CCC(C)CC2)N2CC/C=C\C[C@@H](C2=O)N(C)C(=O)CN(C)C1=O. The van der Waals surface area contributed by atoms with Crippen molar-refractivity contribution in [2.45, 2.75) is 248 Å². The summed E-state index contributed by atoms with van der Waals surface area (Å²) in [5.41, 5.74) is -1.55. The maximum absolute atomic E-state index is 15.6. The Kier molecular flexibility index (Phi) is 27.4. The second kappa shape index (κ2) is 34.5. The number of nitrogens with zero attached hydrogens (tertiary/aromatic N) is 10. The molecule has 0 aromatic rings. The summed E-state index contributed by atoms with van der Waals surface area (Å²) < 4.78 is 72.7. The summed E-state index contributed by atoms with van der Waals surface area (Å²) in [7, 11) is 12.9. The van der Waals surface area contributed by atoms with Gasteiger partial charge >= 0.3 is 6.18 Å². The van der Waals surface area contributed by atoms with Gasteiger partial charge in [0.2, 0.25) is 70.9 Å². The number of rotatable bonds is 10. The number of alkyl halides is 5. The number of carbonyl (C=O) groups is 12. The first kappa shape index (κ1) is 81.7. The van der Waals surface area contributed by atoms with Gasteiger partial charge in [0.05, 0.1) is 19.5 Å². The molecule has 578 valence electrons. The first-order valence-corrected chi connectivity index (χ1v) is 37.7. The van der Waals surface area contributed by atoms with Crippen molar-refractivity contribution in [2.24, 2.45) is 47.3 Å². The van der Waals surface area contributed by atoms with E-state index in [0.29, 0.717) is 50.9 Å². The molecule has 3 aliphatic heterocycles. The van der Waals surface area contributed by atoms with Crippen LogP contribution in [0.4, 0.5) is 22.0 Å². The highest BCUT2D eigenvalue weighted by atomic mass is 19.4. The quantitative estimate of drug-likeness (QED) is 0.196. The number of carbonyl (C=O) groups excluding carboxylic acids is 12. The topological polar surface area (TPSA) is 261 Å². The molecule has 2 bridgehead atoms. The van der Waals surface area contributed by atoms with Gasteiger partial charge in [-0.25, -0.2) is 8.78 Å². The largest absolute Gasteiger partial charge is 0.397 e. The highest BCUT2D eigenvalue weighted by Gasteiger charge is 2.58. The van der Waals surface area contributed by atoms with Crippen LogP contribution in [0.1, 0.15) is 175 Å². The van der Waals surface area contributed by atoms with E-state index in [-0.39, 0.29) is 75.8 Å². The average Bonchev–Trinajstić information content (AvgIpc) is 1.73. The van der Waals surface area contributed by atoms with Gasteiger partial charge in [-0.1, -0.05) is 84.8 Å². The number of hydrogen-bond donors (Lipinski definition) is 2. The summed E-state index contributed by atoms with van der Waals surface area (Å²) in [6.07, 6.45) is -0.624. The van der Waals surface area contributed by atoms with E-state index in [1.807, 2.05) is 13.0 Å². The summed E-state index contributed by atoms with van der Waals surface area (Å²) in [4.78, 5) is 194. The van der Waals surface area contributed by atoms with Crippen LogP contribution in [-0.4, -0.2) is 282 Å². The molecule has 5 aliphatic carbocycles. The molecule has 0 aromatic heterocycles. The normalized spacial score (nSPS) is 33.6. The maximum Gasteiger partial charge on any atom is 0.397 e. The molecule has 8 rings (SSSR count). The Bertz CT molecular complexity index is 3130. The molecule has 8 aliphatic rings. The van der Waals surface area contributed by atoms with Crippen molar-refractivity contribution in [2.75, 3.05) is 89.6 Å². The van der Waals surface area contributed by atoms with E-state index in [4.69, 9.17) is 0 Å². The third-order valence-electron chi connectivity index (χ3n) is 24.4. The molecule has 12 atom stereocenters. The van der Waals surface area contributed by atoms with E-state index in [9.17, 15) is 41.9 Å². The van der Waals surface area contributed by atoms with Crippen LogP contribution in [0.3, 0.4) is 0 Å². The Morgan fingerprint density at radius 1 is 0.621 bits per heavy atom. The summed E-state index contributed by atoms with van der Waals surface area (Å²) in [5, 5.41) is 5.67. The lowest BCUT2D eigenvalue weighted by atomic mass is 9.73. The lowest BCUT2D eigenvalue weighted by molar-refractivity contribution is -0.219. The molecule has 29 heteroatoms. The van der Waals surface area contributed by atoms with Crippen LogP contribution in [-0.2, 0) is 57.5 Å². The summed E-state index contributed by atoms with van der Waals surface area (Å²) in [5.74, 6) is -13.0. The van der Waals surface area contributed by atoms with Crippen LogP contribution in [0.15, 0.2) is 12.2 Å². The third kappa shape index (κ3) is 18.6. The van der Waals surface area contributed by atoms with E-state index < -0.39 is 199 Å². The van der Waals surface area contributed by atoms with Gasteiger partial charge < -0.3 is 59.6 Å². The summed E-state index contributed by atoms with van der Waals surface area (Å²) in [6, 6.07) is -10.2. The Labute approximate surface area is 604 Å². The molecule has 5 saturated carbocycles. The van der Waals surface area contributed by atoms with Gasteiger partial charge in [0.25, 0.3) is 0 Å². The molecular weight excluding hydrogens is 1340 g/mol. The first-order chi connectivity index (χ1) is 48.4. The third-order valence-corrected chi connectivity index (χ3v) is 24.4. The molecule has 12 amide bonds. The zero-order chi connectivity index (χ0) is 76.0. The number of halogens is 5. The van der Waals surface area contributed by atoms with Gasteiger partial charge in [-0.05, 0) is 138 Å². The van der Waals surface area contributed by atoms with Crippen molar-refractivity contribution in [3.63, 3.8) is 0 Å². The molecule has 2 unspecified atom stereocenters. The molecule has 1 spiro atoms. The van der Waals surface area contributed by atoms with Gasteiger partial charge in [-0.3, -0.25) is 57.5 Å². The second-order valence-electron chi connectivity index (χ2n) is 32.0. The Morgan fingerprint density at radius 2 is 1.23 bits per heavy atom. The molecule has 3 heterocycles. The Balaban J connectivity index is 1.18. The fourth-order valence-corrected chi connectivity index (χ4v) is 17.3. The standard InChI is InChI=1S/C74H115F5N12O12/c1-14-45(4)61-70(101)84(8)42-59(94)85(9)53-23-16-15-19-34-90(69(53)100)56(38-46-26-24-43(2)25-27-46)67(98)83(7)41-57(92)80-52(31-28-47-36-50(75)60(51(76)37-47)74(77,78)79)65(96)91-40-44(3)35-55(91)68(99)89(13)73(32-20-33-73)72(103)88(12)63(48-21-17-18-22-48)71(102)86(10)54(66(97)82(5)6)39-58(93)87(11)62(49-29-30-49)64(95)81-61/h15-16,43-56,60-63H,14,17-42H2,1-13H3,(H,80,92)(H,81,95)/b16-15-/t43?,44-,45+,46?,47?,50?,51?,52+,53+,54+,55+,56+,60?,61+,62+,63+/m1/s1. The van der Waals surface area contributed by atoms with Crippen molar-refractivity contribution >= 4 is 70.9 Å². The van der Waals surface area contributed by atoms with Crippen LogP contribution in [0, 0.1) is 47.3 Å². The molecule has 0 aromatic carbocycles. The van der Waals surface area contributed by atoms with E-state index in [0.717, 1.165) is 43.4 Å². The van der Waals surface area contributed by atoms with E-state index in [2.05, 4.69) is 17.6 Å². The van der Waals surface area contributed by atoms with Gasteiger partial charge in [0.15, 0.2) is 0 Å². The minimum Gasteiger partial charge on any atom is -0.347 e. The van der Waals surface area contributed by atoms with E-state index >= 15 is 37.5 Å². The average molecular weight is 1460 g/mol. The molecule has 2 saturated heterocycles. The summed E-state index contributed by atoms with van der Waals surface area (Å²) in [6.45, 7) is 6.30. The van der Waals surface area contributed by atoms with Gasteiger partial charge in [-0.2, -0.15) is 13.2 Å². The summed E-state index contributed by atoms with van der Waals surface area (Å²) >= 11 is 0. The van der Waals surface area contributed by atoms with Gasteiger partial charge in [-0.15, -0.1) is 0 Å². The van der Waals surface area contributed by atoms with Crippen molar-refractivity contribution in [1.82, 2.24) is 59.6 Å². The van der Waals surface area contributed by atoms with E-state index in [1.165, 1.54) is 108 Å². The fraction of sp³-hybridized carbons (Fsp3) is 0.811. The number of hydrogen-bond acceptors (Lipinski definition) is 12. The van der Waals surface area contributed by atoms with Crippen molar-refractivity contribution in [3.8, 4) is 0 Å². The number of fused-ring (bicyclic) bond motifs is 3. The minimum atomic E-state index is -5.16. The zero-order valence-corrected chi connectivity index (χ0v) is 62.9. The minimum absolute atomic E-state index is 0.0271. The highest BCUT2D eigenvalue weighted by molar-refractivity contribution is 6.01. The number of nitrogens with one attached hydrogen (secondary N) is 2. The molecule has 2 N–H and O–H groups in total. The Hall–Kier alpha value is -6.97. The first-order valence-electron chi connectivity index (χ1n) is 37.7. The van der Waals surface area contributed by atoms with Crippen LogP contribution in [0.5, 0.6) is 0 Å². The highest BCUT2D eigenvalue weighted by Crippen LogP contribution is 2.46. The predicted octanol–water partition coefficient (Wildman–Crippen LogP) is 5.75. The molecule has 24 nitrogen and oxygen atoms in total. The number of amides is 12. The predicted molar refractivity (Wildman–Crippen MR) is 372 cm³/mol. The molecule has 0 radical (unpaired) electrons. The zero-order valence-electron chi connectivity index (χ0n) is 62.9. The van der Waals surface area contributed by atoms with Crippen LogP contribution in [0.2, 0.25) is 0 Å². The lowest BCUT2D eigenvalue weighted by Gasteiger charge is -2.51. The second-order valence-corrected chi connectivity index (χ2v) is 32.0. The van der Waals surface area contributed by atoms with E-state index in [1.54, 1.807) is 19.9 Å². The van der Waals surface area contributed by atoms with Crippen LogP contribution < -0.4 is 10.6 Å². The fourth-order valence-electron chi connectivity index (χ4n) is 17.3. The smallest absolute Gasteiger partial charge is 0.347 e. The van der Waals surface area contributed by atoms with Gasteiger partial charge in [0.1, 0.15) is 72.1 Å². The van der Waals surface area contributed by atoms with Crippen molar-refractivity contribution in [1.29, 1.82) is 0 Å². The molecule has 7 fully saturated rings. The Morgan fingerprint density at radius 3 is 1.81 bits per heavy atom. The van der Waals surface area contributed by atoms with Crippen molar-refractivity contribution < 1.29 is 79.5 Å². The maximum atomic E-state index is 15.6. The van der Waals surface area contributed by atoms with Gasteiger partial charge in [0, 0.05) is 76.5 Å². The molecule has 103 heavy (non-hydrogen) atoms. The van der Waals surface area contributed by atoms with Crippen LogP contribution in [0.25, 0.3) is 0 Å². The van der Waals surface area contributed by atoms with Crippen LogP contribution >= 0.6 is 0 Å². The van der Waals surface area contributed by atoms with Crippen molar-refractivity contribution in [3.05, 3.63) is 12.2 Å². The lowest BCUT2D eigenvalue weighted by Crippen LogP contribution is -2.68.